The van der Waals surface area contributed by atoms with Crippen molar-refractivity contribution in [2.24, 2.45) is 0 Å². The van der Waals surface area contributed by atoms with Gasteiger partial charge in [-0.3, -0.25) is 0 Å². The summed E-state index contributed by atoms with van der Waals surface area (Å²) in [5.41, 5.74) is 3.13. The number of aliphatic hydroxyl groups is 1. The van der Waals surface area contributed by atoms with E-state index in [0.29, 0.717) is 19.8 Å². The Morgan fingerprint density at radius 2 is 1.11 bits per heavy atom. The van der Waals surface area contributed by atoms with Crippen molar-refractivity contribution in [2.75, 3.05) is 13.7 Å². The Kier molecular flexibility index (Phi) is 10.2. The number of rotatable bonds is 12. The van der Waals surface area contributed by atoms with Gasteiger partial charge in [0.1, 0.15) is 24.4 Å². The number of hydrogen-bond acceptors (Lipinski definition) is 6. The minimum absolute atomic E-state index is 0.105. The van der Waals surface area contributed by atoms with Gasteiger partial charge in [-0.15, -0.1) is 0 Å². The third-order valence-electron chi connectivity index (χ3n) is 6.05. The fourth-order valence-electron chi connectivity index (χ4n) is 4.23. The van der Waals surface area contributed by atoms with Crippen LogP contribution < -0.4 is 0 Å². The molecule has 0 spiro atoms. The highest BCUT2D eigenvalue weighted by molar-refractivity contribution is 5.16. The molecule has 0 saturated carbocycles. The lowest BCUT2D eigenvalue weighted by Gasteiger charge is -2.45. The molecule has 1 heterocycles. The lowest BCUT2D eigenvalue weighted by atomic mass is 9.97. The van der Waals surface area contributed by atoms with Crippen molar-refractivity contribution >= 4 is 0 Å². The first-order valence-corrected chi connectivity index (χ1v) is 12.2. The largest absolute Gasteiger partial charge is 0.392 e. The standard InChI is InChI=1S/C30H34O6/c1-32-30-29(35-22-25-16-9-4-10-17-25)28(34-21-24-14-7-3-8-15-24)27(26(36-30)18-11-19-31)33-20-23-12-5-2-6-13-23/h2-18,26-31H,19-22H2,1H3/b18-11+/t26-,27-,28+,29-,30+/m1/s1. The number of methoxy groups -OCH3 is 1. The van der Waals surface area contributed by atoms with Crippen LogP contribution in [0, 0.1) is 0 Å². The average Bonchev–Trinajstić information content (AvgIpc) is 2.94. The van der Waals surface area contributed by atoms with Crippen molar-refractivity contribution in [2.45, 2.75) is 50.5 Å². The summed E-state index contributed by atoms with van der Waals surface area (Å²) >= 11 is 0. The topological polar surface area (TPSA) is 66.4 Å². The molecule has 3 aromatic carbocycles. The molecule has 0 aliphatic carbocycles. The fraction of sp³-hybridized carbons (Fsp3) is 0.333. The van der Waals surface area contributed by atoms with E-state index in [1.807, 2.05) is 91.0 Å². The van der Waals surface area contributed by atoms with Gasteiger partial charge in [-0.25, -0.2) is 0 Å². The zero-order chi connectivity index (χ0) is 25.0. The highest BCUT2D eigenvalue weighted by Crippen LogP contribution is 2.31. The summed E-state index contributed by atoms with van der Waals surface area (Å²) in [7, 11) is 1.59. The Labute approximate surface area is 213 Å². The SMILES string of the molecule is CO[C@H]1O[C@H](/C=C/CO)[C@@H](OCc2ccccc2)[C@H](OCc2ccccc2)[C@H]1OCc1ccccc1. The van der Waals surface area contributed by atoms with Gasteiger partial charge in [0.2, 0.25) is 0 Å². The Bertz CT molecular complexity index is 1030. The summed E-state index contributed by atoms with van der Waals surface area (Å²) in [6, 6.07) is 29.9. The maximum Gasteiger partial charge on any atom is 0.186 e. The molecule has 1 aliphatic heterocycles. The molecule has 6 nitrogen and oxygen atoms in total. The zero-order valence-electron chi connectivity index (χ0n) is 20.5. The Hall–Kier alpha value is -2.84. The molecule has 1 fully saturated rings. The monoisotopic (exact) mass is 490 g/mol. The average molecular weight is 491 g/mol. The summed E-state index contributed by atoms with van der Waals surface area (Å²) in [6.07, 6.45) is 0.735. The van der Waals surface area contributed by atoms with E-state index in [4.69, 9.17) is 23.7 Å². The molecule has 5 atom stereocenters. The number of ether oxygens (including phenoxy) is 5. The van der Waals surface area contributed by atoms with E-state index in [9.17, 15) is 5.11 Å². The highest BCUT2D eigenvalue weighted by Gasteiger charge is 2.47. The second kappa shape index (κ2) is 14.0. The van der Waals surface area contributed by atoms with Gasteiger partial charge >= 0.3 is 0 Å². The predicted molar refractivity (Wildman–Crippen MR) is 137 cm³/mol. The minimum Gasteiger partial charge on any atom is -0.392 e. The summed E-state index contributed by atoms with van der Waals surface area (Å²) in [5, 5.41) is 9.42. The van der Waals surface area contributed by atoms with Crippen molar-refractivity contribution < 1.29 is 28.8 Å². The van der Waals surface area contributed by atoms with Crippen LogP contribution in [0.4, 0.5) is 0 Å². The molecule has 0 amide bonds. The van der Waals surface area contributed by atoms with Crippen molar-refractivity contribution in [1.82, 2.24) is 0 Å². The van der Waals surface area contributed by atoms with Gasteiger partial charge in [0.15, 0.2) is 6.29 Å². The molecule has 1 aliphatic rings. The fourth-order valence-corrected chi connectivity index (χ4v) is 4.23. The summed E-state index contributed by atoms with van der Waals surface area (Å²) in [6.45, 7) is 1.04. The summed E-state index contributed by atoms with van der Waals surface area (Å²) in [5.74, 6) is 0. The van der Waals surface area contributed by atoms with Gasteiger partial charge in [0, 0.05) is 7.11 Å². The van der Waals surface area contributed by atoms with Gasteiger partial charge in [0.25, 0.3) is 0 Å². The Morgan fingerprint density at radius 1 is 0.667 bits per heavy atom. The van der Waals surface area contributed by atoms with Gasteiger partial charge in [-0.2, -0.15) is 0 Å². The lowest BCUT2D eigenvalue weighted by Crippen LogP contribution is -2.60. The first-order chi connectivity index (χ1) is 17.8. The van der Waals surface area contributed by atoms with E-state index in [-0.39, 0.29) is 6.61 Å². The molecule has 36 heavy (non-hydrogen) atoms. The van der Waals surface area contributed by atoms with E-state index in [2.05, 4.69) is 0 Å². The van der Waals surface area contributed by atoms with E-state index >= 15 is 0 Å². The van der Waals surface area contributed by atoms with Crippen molar-refractivity contribution in [3.63, 3.8) is 0 Å². The normalized spacial score (nSPS) is 24.2. The maximum atomic E-state index is 9.42. The second-order valence-corrected chi connectivity index (χ2v) is 8.60. The van der Waals surface area contributed by atoms with Crippen molar-refractivity contribution in [1.29, 1.82) is 0 Å². The van der Waals surface area contributed by atoms with E-state index < -0.39 is 30.7 Å². The maximum absolute atomic E-state index is 9.42. The summed E-state index contributed by atoms with van der Waals surface area (Å²) in [4.78, 5) is 0. The first kappa shape index (κ1) is 26.2. The summed E-state index contributed by atoms with van der Waals surface area (Å²) < 4.78 is 31.3. The smallest absolute Gasteiger partial charge is 0.186 e. The molecule has 6 heteroatoms. The molecule has 0 radical (unpaired) electrons. The van der Waals surface area contributed by atoms with Crippen LogP contribution in [-0.2, 0) is 43.5 Å². The van der Waals surface area contributed by atoms with Gasteiger partial charge < -0.3 is 28.8 Å². The molecule has 4 rings (SSSR count). The van der Waals surface area contributed by atoms with E-state index in [1.165, 1.54) is 0 Å². The molecule has 190 valence electrons. The molecule has 0 bridgehead atoms. The Morgan fingerprint density at radius 3 is 1.56 bits per heavy atom. The quantitative estimate of drug-likeness (QED) is 0.373. The third-order valence-corrected chi connectivity index (χ3v) is 6.05. The highest BCUT2D eigenvalue weighted by atomic mass is 16.7. The van der Waals surface area contributed by atoms with Crippen molar-refractivity contribution in [3.05, 3.63) is 120 Å². The van der Waals surface area contributed by atoms with Crippen LogP contribution in [0.5, 0.6) is 0 Å². The second-order valence-electron chi connectivity index (χ2n) is 8.60. The van der Waals surface area contributed by atoms with Crippen LogP contribution in [-0.4, -0.2) is 49.5 Å². The molecular formula is C30H34O6. The van der Waals surface area contributed by atoms with Crippen LogP contribution in [0.3, 0.4) is 0 Å². The molecule has 3 aromatic rings. The molecule has 1 N–H and O–H groups in total. The third kappa shape index (κ3) is 7.34. The van der Waals surface area contributed by atoms with Crippen LogP contribution in [0.2, 0.25) is 0 Å². The number of benzene rings is 3. The Balaban J connectivity index is 1.60. The van der Waals surface area contributed by atoms with E-state index in [0.717, 1.165) is 16.7 Å². The van der Waals surface area contributed by atoms with Gasteiger partial charge in [-0.1, -0.05) is 103 Å². The molecule has 0 aromatic heterocycles. The molecular weight excluding hydrogens is 456 g/mol. The van der Waals surface area contributed by atoms with Crippen LogP contribution in [0.1, 0.15) is 16.7 Å². The van der Waals surface area contributed by atoms with Crippen molar-refractivity contribution in [3.8, 4) is 0 Å². The number of hydrogen-bond donors (Lipinski definition) is 1. The zero-order valence-corrected chi connectivity index (χ0v) is 20.5. The van der Waals surface area contributed by atoms with Crippen LogP contribution >= 0.6 is 0 Å². The molecule has 1 saturated heterocycles. The van der Waals surface area contributed by atoms with Gasteiger partial charge in [0.05, 0.1) is 26.4 Å². The van der Waals surface area contributed by atoms with E-state index in [1.54, 1.807) is 19.3 Å². The van der Waals surface area contributed by atoms with Gasteiger partial charge in [-0.05, 0) is 16.7 Å². The lowest BCUT2D eigenvalue weighted by molar-refractivity contribution is -0.309. The predicted octanol–water partition coefficient (Wildman–Crippen LogP) is 4.66. The van der Waals surface area contributed by atoms with Crippen LogP contribution in [0.25, 0.3) is 0 Å². The van der Waals surface area contributed by atoms with Crippen LogP contribution in [0.15, 0.2) is 103 Å². The first-order valence-electron chi connectivity index (χ1n) is 12.2. The number of aliphatic hydroxyl groups excluding tert-OH is 1. The molecule has 0 unspecified atom stereocenters. The minimum atomic E-state index is -0.681.